The molecule has 2 amide bonds. The van der Waals surface area contributed by atoms with Crippen LogP contribution in [0.5, 0.6) is 0 Å². The van der Waals surface area contributed by atoms with Gasteiger partial charge in [0.25, 0.3) is 0 Å². The van der Waals surface area contributed by atoms with Crippen LogP contribution in [0.4, 0.5) is 0 Å². The third-order valence-electron chi connectivity index (χ3n) is 5.45. The van der Waals surface area contributed by atoms with Crippen LogP contribution >= 0.6 is 0 Å². The minimum Gasteiger partial charge on any atom is -0.480 e. The summed E-state index contributed by atoms with van der Waals surface area (Å²) in [5.74, 6) is -2.37. The number of hydrogen-bond acceptors (Lipinski definition) is 4. The molecule has 1 unspecified atom stereocenters. The van der Waals surface area contributed by atoms with E-state index in [-0.39, 0.29) is 24.7 Å². The van der Waals surface area contributed by atoms with Gasteiger partial charge in [-0.05, 0) is 36.8 Å². The Hall–Kier alpha value is -2.90. The number of aliphatic carboxylic acids is 2. The van der Waals surface area contributed by atoms with Gasteiger partial charge in [0.1, 0.15) is 12.1 Å². The van der Waals surface area contributed by atoms with Gasteiger partial charge < -0.3 is 20.0 Å². The molecule has 2 N–H and O–H groups in total. The first-order valence-electron chi connectivity index (χ1n) is 9.49. The molecule has 2 heterocycles. The van der Waals surface area contributed by atoms with E-state index in [1.807, 2.05) is 0 Å². The molecule has 2 aliphatic heterocycles. The molecule has 1 aromatic rings. The van der Waals surface area contributed by atoms with Crippen LogP contribution in [-0.2, 0) is 32.0 Å². The maximum absolute atomic E-state index is 12.4. The Morgan fingerprint density at radius 1 is 0.750 bits per heavy atom. The number of carbonyl (C=O) groups is 4. The van der Waals surface area contributed by atoms with Crippen LogP contribution in [0.15, 0.2) is 24.3 Å². The van der Waals surface area contributed by atoms with E-state index >= 15 is 0 Å². The first kappa shape index (κ1) is 19.9. The minimum atomic E-state index is -0.971. The van der Waals surface area contributed by atoms with Crippen molar-refractivity contribution >= 4 is 23.8 Å². The van der Waals surface area contributed by atoms with Crippen molar-refractivity contribution in [2.45, 2.75) is 50.6 Å². The summed E-state index contributed by atoms with van der Waals surface area (Å²) in [5.41, 5.74) is 1.50. The number of rotatable bonds is 6. The zero-order valence-electron chi connectivity index (χ0n) is 15.5. The van der Waals surface area contributed by atoms with E-state index in [0.29, 0.717) is 38.8 Å². The van der Waals surface area contributed by atoms with Crippen LogP contribution in [0.1, 0.15) is 36.8 Å². The van der Waals surface area contributed by atoms with Crippen LogP contribution in [0, 0.1) is 0 Å². The highest BCUT2D eigenvalue weighted by Crippen LogP contribution is 2.21. The number of carboxylic acid groups (broad SMARTS) is 2. The van der Waals surface area contributed by atoms with Gasteiger partial charge in [0.15, 0.2) is 0 Å². The van der Waals surface area contributed by atoms with E-state index in [2.05, 4.69) is 0 Å². The van der Waals surface area contributed by atoms with Crippen LogP contribution in [-0.4, -0.2) is 68.9 Å². The molecule has 0 spiro atoms. The lowest BCUT2D eigenvalue weighted by molar-refractivity contribution is -0.148. The topological polar surface area (TPSA) is 115 Å². The molecule has 2 aliphatic rings. The third kappa shape index (κ3) is 4.32. The Morgan fingerprint density at radius 3 is 1.43 bits per heavy atom. The Morgan fingerprint density at radius 2 is 1.11 bits per heavy atom. The molecule has 2 saturated heterocycles. The molecule has 150 valence electrons. The van der Waals surface area contributed by atoms with Gasteiger partial charge in [-0.1, -0.05) is 24.3 Å². The Bertz CT molecular complexity index is 710. The number of carbonyl (C=O) groups excluding carboxylic acids is 2. The highest BCUT2D eigenvalue weighted by atomic mass is 16.4. The summed E-state index contributed by atoms with van der Waals surface area (Å²) in [5, 5.41) is 18.4. The Kier molecular flexibility index (Phi) is 5.96. The molecule has 0 aliphatic carbocycles. The monoisotopic (exact) mass is 388 g/mol. The SMILES string of the molecule is O=C(O)C1CCCN1C(=O)Cc1ccc(CC(=O)N2CCC[C@@H]2C(=O)O)cc1. The number of likely N-dealkylation sites (tertiary alicyclic amines) is 2. The predicted octanol–water partition coefficient (Wildman–Crippen LogP) is 0.923. The van der Waals surface area contributed by atoms with Gasteiger partial charge >= 0.3 is 11.9 Å². The fourth-order valence-electron chi connectivity index (χ4n) is 3.97. The fourth-order valence-corrected chi connectivity index (χ4v) is 3.97. The van der Waals surface area contributed by atoms with Crippen molar-refractivity contribution in [2.75, 3.05) is 13.1 Å². The van der Waals surface area contributed by atoms with Crippen molar-refractivity contribution in [3.8, 4) is 0 Å². The second-order valence-electron chi connectivity index (χ2n) is 7.34. The predicted molar refractivity (Wildman–Crippen MR) is 98.6 cm³/mol. The standard InChI is InChI=1S/C20H24N2O6/c23-17(21-9-1-3-15(21)19(25)26)11-13-5-7-14(8-6-13)12-18(24)22-10-2-4-16(22)20(27)28/h5-8,15-16H,1-4,9-12H2,(H,25,26)(H,27,28)/t15-,16?/m1/s1. The molecular formula is C20H24N2O6. The second kappa shape index (κ2) is 8.41. The van der Waals surface area contributed by atoms with Gasteiger partial charge in [-0.2, -0.15) is 0 Å². The number of hydrogen-bond donors (Lipinski definition) is 2. The molecule has 2 fully saturated rings. The molecule has 0 bridgehead atoms. The largest absolute Gasteiger partial charge is 0.480 e. The van der Waals surface area contributed by atoms with Crippen LogP contribution < -0.4 is 0 Å². The summed E-state index contributed by atoms with van der Waals surface area (Å²) in [6.07, 6.45) is 2.58. The first-order valence-corrected chi connectivity index (χ1v) is 9.49. The van der Waals surface area contributed by atoms with Gasteiger partial charge in [0.05, 0.1) is 12.8 Å². The fraction of sp³-hybridized carbons (Fsp3) is 0.500. The second-order valence-corrected chi connectivity index (χ2v) is 7.34. The smallest absolute Gasteiger partial charge is 0.326 e. The number of nitrogens with zero attached hydrogens (tertiary/aromatic N) is 2. The van der Waals surface area contributed by atoms with Crippen molar-refractivity contribution in [3.63, 3.8) is 0 Å². The molecule has 3 rings (SSSR count). The summed E-state index contributed by atoms with van der Waals surface area (Å²) < 4.78 is 0. The summed E-state index contributed by atoms with van der Waals surface area (Å²) in [6, 6.07) is 5.53. The quantitative estimate of drug-likeness (QED) is 0.749. The van der Waals surface area contributed by atoms with Gasteiger partial charge in [-0.25, -0.2) is 9.59 Å². The van der Waals surface area contributed by atoms with Gasteiger partial charge in [0.2, 0.25) is 11.8 Å². The minimum absolute atomic E-state index is 0.116. The molecular weight excluding hydrogens is 364 g/mol. The zero-order chi connectivity index (χ0) is 20.3. The highest BCUT2D eigenvalue weighted by Gasteiger charge is 2.34. The normalized spacial score (nSPS) is 21.7. The maximum atomic E-state index is 12.4. The average Bonchev–Trinajstić information content (AvgIpc) is 3.33. The number of carboxylic acids is 2. The van der Waals surface area contributed by atoms with E-state index < -0.39 is 24.0 Å². The van der Waals surface area contributed by atoms with E-state index in [1.54, 1.807) is 24.3 Å². The maximum Gasteiger partial charge on any atom is 0.326 e. The van der Waals surface area contributed by atoms with Gasteiger partial charge in [-0.3, -0.25) is 9.59 Å². The summed E-state index contributed by atoms with van der Waals surface area (Å²) in [4.78, 5) is 50.1. The number of amides is 2. The van der Waals surface area contributed by atoms with Crippen molar-refractivity contribution in [1.82, 2.24) is 9.80 Å². The van der Waals surface area contributed by atoms with Gasteiger partial charge in [-0.15, -0.1) is 0 Å². The van der Waals surface area contributed by atoms with E-state index in [9.17, 15) is 29.4 Å². The summed E-state index contributed by atoms with van der Waals surface area (Å²) >= 11 is 0. The summed E-state index contributed by atoms with van der Waals surface area (Å²) in [6.45, 7) is 0.923. The third-order valence-corrected chi connectivity index (χ3v) is 5.45. The zero-order valence-corrected chi connectivity index (χ0v) is 15.5. The molecule has 1 aromatic carbocycles. The number of benzene rings is 1. The van der Waals surface area contributed by atoms with E-state index in [0.717, 1.165) is 11.1 Å². The van der Waals surface area contributed by atoms with E-state index in [1.165, 1.54) is 9.80 Å². The molecule has 8 nitrogen and oxygen atoms in total. The first-order chi connectivity index (χ1) is 13.4. The lowest BCUT2D eigenvalue weighted by Gasteiger charge is -2.22. The molecule has 28 heavy (non-hydrogen) atoms. The molecule has 2 atom stereocenters. The van der Waals surface area contributed by atoms with Crippen LogP contribution in [0.2, 0.25) is 0 Å². The van der Waals surface area contributed by atoms with Crippen molar-refractivity contribution < 1.29 is 29.4 Å². The molecule has 0 radical (unpaired) electrons. The molecule has 0 aromatic heterocycles. The van der Waals surface area contributed by atoms with Crippen molar-refractivity contribution in [3.05, 3.63) is 35.4 Å². The lowest BCUT2D eigenvalue weighted by Crippen LogP contribution is -2.41. The lowest BCUT2D eigenvalue weighted by atomic mass is 10.1. The Labute approximate surface area is 162 Å². The Balaban J connectivity index is 1.58. The van der Waals surface area contributed by atoms with E-state index in [4.69, 9.17) is 0 Å². The molecule has 0 saturated carbocycles. The van der Waals surface area contributed by atoms with Gasteiger partial charge in [0, 0.05) is 13.1 Å². The highest BCUT2D eigenvalue weighted by molar-refractivity contribution is 5.86. The summed E-state index contributed by atoms with van der Waals surface area (Å²) in [7, 11) is 0. The van der Waals surface area contributed by atoms with Crippen molar-refractivity contribution in [1.29, 1.82) is 0 Å². The van der Waals surface area contributed by atoms with Crippen molar-refractivity contribution in [2.24, 2.45) is 0 Å². The molecule has 8 heteroatoms. The average molecular weight is 388 g/mol. The van der Waals surface area contributed by atoms with Crippen LogP contribution in [0.3, 0.4) is 0 Å². The van der Waals surface area contributed by atoms with Crippen LogP contribution in [0.25, 0.3) is 0 Å².